The van der Waals surface area contributed by atoms with E-state index in [1.54, 1.807) is 5.38 Å². The Kier molecular flexibility index (Phi) is 3.35. The Morgan fingerprint density at radius 1 is 1.40 bits per heavy atom. The minimum atomic E-state index is -0.651. The van der Waals surface area contributed by atoms with Gasteiger partial charge < -0.3 is 4.74 Å². The fraction of sp³-hybridized carbons (Fsp3) is 0.231. The van der Waals surface area contributed by atoms with Gasteiger partial charge in [0.05, 0.1) is 18.8 Å². The molecule has 104 valence electrons. The predicted octanol–water partition coefficient (Wildman–Crippen LogP) is 3.04. The van der Waals surface area contributed by atoms with E-state index >= 15 is 0 Å². The fourth-order valence-electron chi connectivity index (χ4n) is 1.94. The van der Waals surface area contributed by atoms with E-state index in [4.69, 9.17) is 4.74 Å². The second kappa shape index (κ2) is 5.16. The smallest absolute Gasteiger partial charge is 0.410 e. The van der Waals surface area contributed by atoms with Crippen LogP contribution in [0.5, 0.6) is 0 Å². The minimum absolute atomic E-state index is 0.248. The van der Waals surface area contributed by atoms with Crippen molar-refractivity contribution in [3.05, 3.63) is 40.2 Å². The van der Waals surface area contributed by atoms with Crippen molar-refractivity contribution in [3.8, 4) is 11.3 Å². The van der Waals surface area contributed by atoms with Crippen LogP contribution in [0.1, 0.15) is 5.01 Å². The number of halogens is 2. The van der Waals surface area contributed by atoms with Gasteiger partial charge in [-0.1, -0.05) is 0 Å². The fourth-order valence-corrected chi connectivity index (χ4v) is 2.75. The number of amides is 1. The van der Waals surface area contributed by atoms with Crippen molar-refractivity contribution < 1.29 is 18.3 Å². The van der Waals surface area contributed by atoms with Gasteiger partial charge in [0.25, 0.3) is 0 Å². The molecule has 2 heterocycles. The van der Waals surface area contributed by atoms with Crippen LogP contribution in [0, 0.1) is 11.6 Å². The van der Waals surface area contributed by atoms with Crippen molar-refractivity contribution in [3.63, 3.8) is 0 Å². The SMILES string of the molecule is O=C1OCCN1Cc1nc(-c2ccc(F)cc2F)cs1. The van der Waals surface area contributed by atoms with Crippen LogP contribution >= 0.6 is 11.3 Å². The molecule has 0 saturated carbocycles. The number of rotatable bonds is 3. The largest absolute Gasteiger partial charge is 0.448 e. The summed E-state index contributed by atoms with van der Waals surface area (Å²) in [4.78, 5) is 17.1. The first kappa shape index (κ1) is 13.0. The summed E-state index contributed by atoms with van der Waals surface area (Å²) in [6.07, 6.45) is -0.366. The number of ether oxygens (including phenoxy) is 1. The molecule has 0 atom stereocenters. The number of hydrogen-bond acceptors (Lipinski definition) is 4. The van der Waals surface area contributed by atoms with E-state index in [-0.39, 0.29) is 11.7 Å². The molecule has 7 heteroatoms. The summed E-state index contributed by atoms with van der Waals surface area (Å²) in [6.45, 7) is 1.24. The first-order valence-electron chi connectivity index (χ1n) is 5.95. The zero-order valence-corrected chi connectivity index (χ0v) is 11.1. The van der Waals surface area contributed by atoms with Crippen LogP contribution < -0.4 is 0 Å². The van der Waals surface area contributed by atoms with Gasteiger partial charge in [0, 0.05) is 17.0 Å². The lowest BCUT2D eigenvalue weighted by atomic mass is 10.1. The van der Waals surface area contributed by atoms with Crippen molar-refractivity contribution in [2.45, 2.75) is 6.54 Å². The van der Waals surface area contributed by atoms with Gasteiger partial charge in [0.2, 0.25) is 0 Å². The summed E-state index contributed by atoms with van der Waals surface area (Å²) in [7, 11) is 0. The third-order valence-corrected chi connectivity index (χ3v) is 3.76. The van der Waals surface area contributed by atoms with Crippen LogP contribution in [0.3, 0.4) is 0 Å². The van der Waals surface area contributed by atoms with Gasteiger partial charge in [-0.2, -0.15) is 0 Å². The van der Waals surface area contributed by atoms with Crippen LogP contribution in [-0.2, 0) is 11.3 Å². The van der Waals surface area contributed by atoms with Gasteiger partial charge in [0.15, 0.2) is 0 Å². The average Bonchev–Trinajstić information content (AvgIpc) is 3.00. The lowest BCUT2D eigenvalue weighted by Crippen LogP contribution is -2.23. The highest BCUT2D eigenvalue weighted by Gasteiger charge is 2.23. The molecule has 0 bridgehead atoms. The van der Waals surface area contributed by atoms with Gasteiger partial charge in [-0.05, 0) is 12.1 Å². The summed E-state index contributed by atoms with van der Waals surface area (Å²) >= 11 is 1.33. The maximum atomic E-state index is 13.7. The first-order valence-corrected chi connectivity index (χ1v) is 6.83. The maximum absolute atomic E-state index is 13.7. The summed E-state index contributed by atoms with van der Waals surface area (Å²) in [5, 5.41) is 2.37. The maximum Gasteiger partial charge on any atom is 0.410 e. The van der Waals surface area contributed by atoms with E-state index < -0.39 is 11.6 Å². The standard InChI is InChI=1S/C13H10F2N2O2S/c14-8-1-2-9(10(15)5-8)11-7-20-12(16-11)6-17-3-4-19-13(17)18/h1-2,5,7H,3-4,6H2. The molecule has 1 aliphatic rings. The molecule has 0 spiro atoms. The van der Waals surface area contributed by atoms with Gasteiger partial charge in [-0.15, -0.1) is 11.3 Å². The summed E-state index contributed by atoms with van der Waals surface area (Å²) in [5.41, 5.74) is 0.688. The summed E-state index contributed by atoms with van der Waals surface area (Å²) < 4.78 is 31.3. The first-order chi connectivity index (χ1) is 9.63. The molecule has 2 aromatic rings. The lowest BCUT2D eigenvalue weighted by Gasteiger charge is -2.09. The third-order valence-electron chi connectivity index (χ3n) is 2.93. The number of nitrogens with zero attached hydrogens (tertiary/aromatic N) is 2. The number of cyclic esters (lactones) is 1. The van der Waals surface area contributed by atoms with Crippen LogP contribution in [0.2, 0.25) is 0 Å². The van der Waals surface area contributed by atoms with Crippen LogP contribution in [0.4, 0.5) is 13.6 Å². The van der Waals surface area contributed by atoms with Crippen LogP contribution in [0.15, 0.2) is 23.6 Å². The van der Waals surface area contributed by atoms with Gasteiger partial charge >= 0.3 is 6.09 Å². The van der Waals surface area contributed by atoms with Crippen LogP contribution in [-0.4, -0.2) is 29.1 Å². The zero-order valence-electron chi connectivity index (χ0n) is 10.3. The summed E-state index contributed by atoms with van der Waals surface area (Å²) in [6, 6.07) is 3.37. The molecule has 1 aromatic carbocycles. The van der Waals surface area contributed by atoms with Crippen molar-refractivity contribution in [2.75, 3.05) is 13.2 Å². The van der Waals surface area contributed by atoms with Gasteiger partial charge in [-0.3, -0.25) is 4.90 Å². The number of aromatic nitrogens is 1. The zero-order chi connectivity index (χ0) is 14.1. The average molecular weight is 296 g/mol. The molecule has 0 N–H and O–H groups in total. The van der Waals surface area contributed by atoms with E-state index in [1.165, 1.54) is 28.4 Å². The summed E-state index contributed by atoms with van der Waals surface area (Å²) in [5.74, 6) is -1.27. The second-order valence-corrected chi connectivity index (χ2v) is 5.23. The number of thiazole rings is 1. The molecule has 20 heavy (non-hydrogen) atoms. The Hall–Kier alpha value is -2.02. The molecule has 0 radical (unpaired) electrons. The van der Waals surface area contributed by atoms with Gasteiger partial charge in [-0.25, -0.2) is 18.6 Å². The van der Waals surface area contributed by atoms with E-state index in [1.807, 2.05) is 0 Å². The monoisotopic (exact) mass is 296 g/mol. The van der Waals surface area contributed by atoms with E-state index in [9.17, 15) is 13.6 Å². The van der Waals surface area contributed by atoms with Gasteiger partial charge in [0.1, 0.15) is 23.2 Å². The Bertz CT molecular complexity index is 660. The van der Waals surface area contributed by atoms with Crippen molar-refractivity contribution in [1.29, 1.82) is 0 Å². The minimum Gasteiger partial charge on any atom is -0.448 e. The van der Waals surface area contributed by atoms with E-state index in [2.05, 4.69) is 4.98 Å². The highest BCUT2D eigenvalue weighted by Crippen LogP contribution is 2.26. The molecule has 1 amide bonds. The van der Waals surface area contributed by atoms with E-state index in [0.717, 1.165) is 6.07 Å². The number of carbonyl (C=O) groups excluding carboxylic acids is 1. The van der Waals surface area contributed by atoms with Crippen molar-refractivity contribution >= 4 is 17.4 Å². The predicted molar refractivity (Wildman–Crippen MR) is 69.2 cm³/mol. The number of carbonyl (C=O) groups is 1. The molecule has 3 rings (SSSR count). The highest BCUT2D eigenvalue weighted by molar-refractivity contribution is 7.09. The van der Waals surface area contributed by atoms with Crippen LogP contribution in [0.25, 0.3) is 11.3 Å². The lowest BCUT2D eigenvalue weighted by molar-refractivity contribution is 0.157. The number of hydrogen-bond donors (Lipinski definition) is 0. The normalized spacial score (nSPS) is 14.7. The third kappa shape index (κ3) is 2.49. The van der Waals surface area contributed by atoms with Crippen molar-refractivity contribution in [1.82, 2.24) is 9.88 Å². The Morgan fingerprint density at radius 2 is 2.25 bits per heavy atom. The molecule has 1 saturated heterocycles. The number of benzene rings is 1. The van der Waals surface area contributed by atoms with E-state index in [0.29, 0.717) is 30.4 Å². The molecule has 4 nitrogen and oxygen atoms in total. The molecule has 1 fully saturated rings. The highest BCUT2D eigenvalue weighted by atomic mass is 32.1. The topological polar surface area (TPSA) is 42.4 Å². The molecular formula is C13H10F2N2O2S. The quantitative estimate of drug-likeness (QED) is 0.874. The molecule has 0 aliphatic carbocycles. The van der Waals surface area contributed by atoms with Crippen molar-refractivity contribution in [2.24, 2.45) is 0 Å². The Labute approximate surface area is 117 Å². The molecule has 1 aromatic heterocycles. The molecule has 0 unspecified atom stereocenters. The Balaban J connectivity index is 1.81. The molecule has 1 aliphatic heterocycles. The Morgan fingerprint density at radius 3 is 2.95 bits per heavy atom. The molecular weight excluding hydrogens is 286 g/mol. The second-order valence-electron chi connectivity index (χ2n) is 4.29.